The lowest BCUT2D eigenvalue weighted by Crippen LogP contribution is -2.44. The van der Waals surface area contributed by atoms with Crippen LogP contribution in [0.3, 0.4) is 0 Å². The van der Waals surface area contributed by atoms with Gasteiger partial charge in [0.15, 0.2) is 0 Å². The zero-order valence-corrected chi connectivity index (χ0v) is 13.8. The fourth-order valence-corrected chi connectivity index (χ4v) is 2.85. The predicted molar refractivity (Wildman–Crippen MR) is 86.6 cm³/mol. The third kappa shape index (κ3) is 4.73. The molecule has 2 rings (SSSR count). The molecule has 4 nitrogen and oxygen atoms in total. The van der Waals surface area contributed by atoms with Crippen molar-refractivity contribution in [2.45, 2.75) is 45.6 Å². The van der Waals surface area contributed by atoms with Gasteiger partial charge in [-0.1, -0.05) is 30.3 Å². The average molecular weight is 305 g/mol. The summed E-state index contributed by atoms with van der Waals surface area (Å²) in [7, 11) is 0. The summed E-state index contributed by atoms with van der Waals surface area (Å²) >= 11 is 0. The number of hydrogen-bond donors (Lipinski definition) is 2. The summed E-state index contributed by atoms with van der Waals surface area (Å²) in [4.78, 5) is 11.9. The highest BCUT2D eigenvalue weighted by molar-refractivity contribution is 5.67. The first-order valence-corrected chi connectivity index (χ1v) is 7.96. The van der Waals surface area contributed by atoms with Gasteiger partial charge in [-0.3, -0.25) is 0 Å². The van der Waals surface area contributed by atoms with Crippen LogP contribution < -0.4 is 5.32 Å². The molecule has 1 fully saturated rings. The third-order valence-electron chi connectivity index (χ3n) is 4.14. The molecule has 2 N–H and O–H groups in total. The zero-order chi connectivity index (χ0) is 16.2. The average Bonchev–Trinajstić information content (AvgIpc) is 3.28. The van der Waals surface area contributed by atoms with E-state index in [0.29, 0.717) is 12.5 Å². The highest BCUT2D eigenvalue weighted by Gasteiger charge is 2.45. The van der Waals surface area contributed by atoms with E-state index in [2.05, 4.69) is 17.4 Å². The molecule has 1 amide bonds. The summed E-state index contributed by atoms with van der Waals surface area (Å²) in [5.41, 5.74) is 0.387. The molecule has 0 radical (unpaired) electrons. The second kappa shape index (κ2) is 6.69. The Morgan fingerprint density at radius 1 is 1.27 bits per heavy atom. The minimum Gasteiger partial charge on any atom is -0.444 e. The Morgan fingerprint density at radius 2 is 1.91 bits per heavy atom. The van der Waals surface area contributed by atoms with Crippen LogP contribution in [0.5, 0.6) is 0 Å². The molecule has 1 aromatic rings. The highest BCUT2D eigenvalue weighted by atomic mass is 16.6. The summed E-state index contributed by atoms with van der Waals surface area (Å²) < 4.78 is 5.30. The molecule has 1 aliphatic carbocycles. The summed E-state index contributed by atoms with van der Waals surface area (Å²) in [5, 5.41) is 12.9. The van der Waals surface area contributed by atoms with Crippen LogP contribution in [0.4, 0.5) is 4.79 Å². The predicted octanol–water partition coefficient (Wildman–Crippen LogP) is 3.14. The van der Waals surface area contributed by atoms with Gasteiger partial charge in [-0.05, 0) is 51.5 Å². The number of aliphatic hydroxyl groups is 1. The van der Waals surface area contributed by atoms with Gasteiger partial charge in [0, 0.05) is 12.0 Å². The van der Waals surface area contributed by atoms with Gasteiger partial charge in [-0.25, -0.2) is 4.79 Å². The van der Waals surface area contributed by atoms with E-state index >= 15 is 0 Å². The van der Waals surface area contributed by atoms with Crippen molar-refractivity contribution < 1.29 is 14.6 Å². The number of alkyl carbamates (subject to hydrolysis) is 1. The van der Waals surface area contributed by atoms with E-state index in [1.54, 1.807) is 0 Å². The van der Waals surface area contributed by atoms with E-state index in [0.717, 1.165) is 19.3 Å². The number of carbonyl (C=O) groups is 1. The van der Waals surface area contributed by atoms with Crippen molar-refractivity contribution in [1.82, 2.24) is 5.32 Å². The SMILES string of the molecule is CC(C)(C)OC(=O)NCC(CO)(Cc1ccccc1)C1CC1. The number of rotatable bonds is 6. The Morgan fingerprint density at radius 3 is 2.41 bits per heavy atom. The van der Waals surface area contributed by atoms with Crippen LogP contribution in [0.1, 0.15) is 39.2 Å². The van der Waals surface area contributed by atoms with Gasteiger partial charge >= 0.3 is 6.09 Å². The molecule has 0 saturated heterocycles. The molecule has 0 bridgehead atoms. The molecule has 0 aromatic heterocycles. The smallest absolute Gasteiger partial charge is 0.407 e. The maximum absolute atomic E-state index is 11.9. The van der Waals surface area contributed by atoms with Crippen molar-refractivity contribution in [3.05, 3.63) is 35.9 Å². The van der Waals surface area contributed by atoms with Crippen molar-refractivity contribution in [2.24, 2.45) is 11.3 Å². The van der Waals surface area contributed by atoms with Gasteiger partial charge in [0.2, 0.25) is 0 Å². The second-order valence-corrected chi connectivity index (χ2v) is 7.31. The molecule has 1 aliphatic rings. The van der Waals surface area contributed by atoms with Crippen molar-refractivity contribution in [3.63, 3.8) is 0 Å². The quantitative estimate of drug-likeness (QED) is 0.849. The monoisotopic (exact) mass is 305 g/mol. The van der Waals surface area contributed by atoms with E-state index in [-0.39, 0.29) is 12.0 Å². The van der Waals surface area contributed by atoms with Crippen LogP contribution in [0.25, 0.3) is 0 Å². The Labute approximate surface area is 132 Å². The number of amides is 1. The lowest BCUT2D eigenvalue weighted by Gasteiger charge is -2.33. The molecule has 22 heavy (non-hydrogen) atoms. The number of benzene rings is 1. The van der Waals surface area contributed by atoms with Crippen LogP contribution in [0.2, 0.25) is 0 Å². The number of nitrogens with one attached hydrogen (secondary N) is 1. The number of ether oxygens (including phenoxy) is 1. The summed E-state index contributed by atoms with van der Waals surface area (Å²) in [6.07, 6.45) is 2.58. The third-order valence-corrected chi connectivity index (χ3v) is 4.14. The van der Waals surface area contributed by atoms with Gasteiger partial charge in [0.05, 0.1) is 6.61 Å². The molecule has 1 aromatic carbocycles. The number of carbonyl (C=O) groups excluding carboxylic acids is 1. The minimum absolute atomic E-state index is 0.0718. The Kier molecular flexibility index (Phi) is 5.12. The first-order valence-electron chi connectivity index (χ1n) is 7.96. The maximum atomic E-state index is 11.9. The molecular formula is C18H27NO3. The first-order chi connectivity index (χ1) is 10.3. The van der Waals surface area contributed by atoms with Crippen LogP contribution in [-0.2, 0) is 11.2 Å². The van der Waals surface area contributed by atoms with Gasteiger partial charge in [-0.15, -0.1) is 0 Å². The Bertz CT molecular complexity index is 491. The molecular weight excluding hydrogens is 278 g/mol. The number of aliphatic hydroxyl groups excluding tert-OH is 1. The fraction of sp³-hybridized carbons (Fsp3) is 0.611. The van der Waals surface area contributed by atoms with Crippen LogP contribution in [0.15, 0.2) is 30.3 Å². The van der Waals surface area contributed by atoms with Gasteiger partial charge < -0.3 is 15.2 Å². The van der Waals surface area contributed by atoms with E-state index in [4.69, 9.17) is 4.74 Å². The topological polar surface area (TPSA) is 58.6 Å². The van der Waals surface area contributed by atoms with Crippen molar-refractivity contribution >= 4 is 6.09 Å². The standard InChI is InChI=1S/C18H27NO3/c1-17(2,3)22-16(21)19-12-18(13-20,15-9-10-15)11-14-7-5-4-6-8-14/h4-8,15,20H,9-13H2,1-3H3,(H,19,21). The molecule has 0 spiro atoms. The molecule has 1 unspecified atom stereocenters. The Balaban J connectivity index is 2.01. The molecule has 0 aliphatic heterocycles. The van der Waals surface area contributed by atoms with Gasteiger partial charge in [0.1, 0.15) is 5.60 Å². The summed E-state index contributed by atoms with van der Waals surface area (Å²) in [6.45, 7) is 6.05. The van der Waals surface area contributed by atoms with Crippen LogP contribution >= 0.6 is 0 Å². The first kappa shape index (κ1) is 16.8. The minimum atomic E-state index is -0.509. The van der Waals surface area contributed by atoms with E-state index < -0.39 is 11.7 Å². The highest BCUT2D eigenvalue weighted by Crippen LogP contribution is 2.47. The zero-order valence-electron chi connectivity index (χ0n) is 13.8. The van der Waals surface area contributed by atoms with E-state index in [1.807, 2.05) is 39.0 Å². The Hall–Kier alpha value is -1.55. The van der Waals surface area contributed by atoms with E-state index in [1.165, 1.54) is 5.56 Å². The normalized spacial score (nSPS) is 17.6. The van der Waals surface area contributed by atoms with Crippen LogP contribution in [0, 0.1) is 11.3 Å². The van der Waals surface area contributed by atoms with Crippen molar-refractivity contribution in [1.29, 1.82) is 0 Å². The number of hydrogen-bond acceptors (Lipinski definition) is 3. The van der Waals surface area contributed by atoms with Crippen molar-refractivity contribution in [3.8, 4) is 0 Å². The second-order valence-electron chi connectivity index (χ2n) is 7.31. The maximum Gasteiger partial charge on any atom is 0.407 e. The largest absolute Gasteiger partial charge is 0.444 e. The fourth-order valence-electron chi connectivity index (χ4n) is 2.85. The molecule has 1 atom stereocenters. The molecule has 4 heteroatoms. The lowest BCUT2D eigenvalue weighted by molar-refractivity contribution is 0.0439. The molecule has 0 heterocycles. The van der Waals surface area contributed by atoms with Crippen LogP contribution in [-0.4, -0.2) is 30.0 Å². The van der Waals surface area contributed by atoms with Gasteiger partial charge in [0.25, 0.3) is 0 Å². The van der Waals surface area contributed by atoms with E-state index in [9.17, 15) is 9.90 Å². The molecule has 122 valence electrons. The van der Waals surface area contributed by atoms with Crippen molar-refractivity contribution in [2.75, 3.05) is 13.2 Å². The summed E-state index contributed by atoms with van der Waals surface area (Å²) in [5.74, 6) is 0.465. The summed E-state index contributed by atoms with van der Waals surface area (Å²) in [6, 6.07) is 10.1. The lowest BCUT2D eigenvalue weighted by atomic mass is 9.77. The molecule has 1 saturated carbocycles. The van der Waals surface area contributed by atoms with Gasteiger partial charge in [-0.2, -0.15) is 0 Å².